The van der Waals surface area contributed by atoms with Crippen molar-refractivity contribution in [3.8, 4) is 0 Å². The van der Waals surface area contributed by atoms with Gasteiger partial charge in [-0.05, 0) is 54.4 Å². The third kappa shape index (κ3) is 3.84. The molecule has 0 aromatic heterocycles. The first-order valence-corrected chi connectivity index (χ1v) is 9.68. The summed E-state index contributed by atoms with van der Waals surface area (Å²) in [6.07, 6.45) is 0.779. The van der Waals surface area contributed by atoms with Gasteiger partial charge in [0.25, 0.3) is 0 Å². The summed E-state index contributed by atoms with van der Waals surface area (Å²) in [7, 11) is 0. The minimum Gasteiger partial charge on any atom is -0.351 e. The molecule has 7 heteroatoms. The van der Waals surface area contributed by atoms with Crippen molar-refractivity contribution in [2.24, 2.45) is 10.7 Å². The van der Waals surface area contributed by atoms with Crippen LogP contribution in [0.3, 0.4) is 0 Å². The zero-order valence-electron chi connectivity index (χ0n) is 15.2. The summed E-state index contributed by atoms with van der Waals surface area (Å²) < 4.78 is 13.8. The highest BCUT2D eigenvalue weighted by molar-refractivity contribution is 6.37. The zero-order chi connectivity index (χ0) is 20.5. The van der Waals surface area contributed by atoms with Gasteiger partial charge in [0.2, 0.25) is 0 Å². The highest BCUT2D eigenvalue weighted by Gasteiger charge is 2.20. The SMILES string of the molecule is NC(=O)N(c1ccc(C2=NCCc3ccc(F)cc32)cc1)c1ccc(Cl)cc1Cl. The Morgan fingerprint density at radius 1 is 1.03 bits per heavy atom. The van der Waals surface area contributed by atoms with Crippen molar-refractivity contribution in [1.29, 1.82) is 0 Å². The number of fused-ring (bicyclic) bond motifs is 1. The molecule has 29 heavy (non-hydrogen) atoms. The summed E-state index contributed by atoms with van der Waals surface area (Å²) in [5, 5.41) is 0.765. The molecule has 2 amide bonds. The van der Waals surface area contributed by atoms with E-state index in [1.165, 1.54) is 17.0 Å². The number of nitrogens with two attached hydrogens (primary N) is 1. The molecule has 0 aliphatic carbocycles. The van der Waals surface area contributed by atoms with Gasteiger partial charge in [-0.2, -0.15) is 0 Å². The normalized spacial score (nSPS) is 12.9. The predicted octanol–water partition coefficient (Wildman–Crippen LogP) is 5.74. The minimum atomic E-state index is -0.676. The highest BCUT2D eigenvalue weighted by atomic mass is 35.5. The van der Waals surface area contributed by atoms with Crippen LogP contribution < -0.4 is 10.6 Å². The van der Waals surface area contributed by atoms with Gasteiger partial charge in [0.05, 0.1) is 22.1 Å². The lowest BCUT2D eigenvalue weighted by atomic mass is 9.93. The molecular formula is C22H16Cl2FN3O. The Balaban J connectivity index is 1.71. The van der Waals surface area contributed by atoms with Crippen molar-refractivity contribution >= 4 is 46.3 Å². The molecule has 4 nitrogen and oxygen atoms in total. The molecule has 0 bridgehead atoms. The summed E-state index contributed by atoms with van der Waals surface area (Å²) >= 11 is 12.2. The maximum Gasteiger partial charge on any atom is 0.323 e. The van der Waals surface area contributed by atoms with E-state index in [1.54, 1.807) is 36.4 Å². The summed E-state index contributed by atoms with van der Waals surface area (Å²) in [5.41, 5.74) is 9.98. The maximum absolute atomic E-state index is 13.8. The number of amides is 2. The Hall–Kier alpha value is -2.89. The van der Waals surface area contributed by atoms with E-state index in [0.29, 0.717) is 28.0 Å². The lowest BCUT2D eigenvalue weighted by Gasteiger charge is -2.23. The van der Waals surface area contributed by atoms with Crippen molar-refractivity contribution < 1.29 is 9.18 Å². The Morgan fingerprint density at radius 3 is 2.48 bits per heavy atom. The number of carbonyl (C=O) groups is 1. The Kier molecular flexibility index (Phi) is 5.26. The molecule has 1 aliphatic rings. The molecule has 2 N–H and O–H groups in total. The number of hydrogen-bond donors (Lipinski definition) is 1. The van der Waals surface area contributed by atoms with Crippen LogP contribution in [0.25, 0.3) is 0 Å². The van der Waals surface area contributed by atoms with Gasteiger partial charge in [0.15, 0.2) is 0 Å². The minimum absolute atomic E-state index is 0.299. The van der Waals surface area contributed by atoms with Crippen LogP contribution >= 0.6 is 23.2 Å². The van der Waals surface area contributed by atoms with Crippen LogP contribution in [0.5, 0.6) is 0 Å². The van der Waals surface area contributed by atoms with E-state index < -0.39 is 6.03 Å². The fourth-order valence-electron chi connectivity index (χ4n) is 3.42. The molecule has 1 heterocycles. The smallest absolute Gasteiger partial charge is 0.323 e. The van der Waals surface area contributed by atoms with E-state index in [1.807, 2.05) is 12.1 Å². The second kappa shape index (κ2) is 7.85. The summed E-state index contributed by atoms with van der Waals surface area (Å²) in [6.45, 7) is 0.642. The predicted molar refractivity (Wildman–Crippen MR) is 115 cm³/mol. The number of halogens is 3. The van der Waals surface area contributed by atoms with Crippen molar-refractivity contribution in [1.82, 2.24) is 0 Å². The van der Waals surface area contributed by atoms with Crippen LogP contribution in [0, 0.1) is 5.82 Å². The first-order chi connectivity index (χ1) is 13.9. The third-order valence-corrected chi connectivity index (χ3v) is 5.29. The largest absolute Gasteiger partial charge is 0.351 e. The van der Waals surface area contributed by atoms with E-state index in [-0.39, 0.29) is 5.82 Å². The first-order valence-electron chi connectivity index (χ1n) is 8.92. The van der Waals surface area contributed by atoms with Crippen LogP contribution in [0.4, 0.5) is 20.6 Å². The second-order valence-electron chi connectivity index (χ2n) is 6.60. The Labute approximate surface area is 177 Å². The molecule has 0 radical (unpaired) electrons. The molecule has 146 valence electrons. The van der Waals surface area contributed by atoms with Crippen LogP contribution in [0.15, 0.2) is 65.7 Å². The first kappa shape index (κ1) is 19.4. The Morgan fingerprint density at radius 2 is 1.79 bits per heavy atom. The van der Waals surface area contributed by atoms with Crippen molar-refractivity contribution in [2.75, 3.05) is 11.4 Å². The molecular weight excluding hydrogens is 412 g/mol. The fourth-order valence-corrected chi connectivity index (χ4v) is 3.92. The van der Waals surface area contributed by atoms with Gasteiger partial charge in [0.1, 0.15) is 5.82 Å². The van der Waals surface area contributed by atoms with Crippen LogP contribution in [0.2, 0.25) is 10.0 Å². The Bertz CT molecular complexity index is 1130. The number of carbonyl (C=O) groups excluding carboxylic acids is 1. The molecule has 0 saturated carbocycles. The molecule has 0 atom stereocenters. The molecule has 3 aromatic carbocycles. The number of aliphatic imine (C=N–C) groups is 1. The van der Waals surface area contributed by atoms with Gasteiger partial charge in [-0.25, -0.2) is 9.18 Å². The molecule has 0 spiro atoms. The number of urea groups is 1. The monoisotopic (exact) mass is 427 g/mol. The average Bonchev–Trinajstić information content (AvgIpc) is 2.70. The lowest BCUT2D eigenvalue weighted by Crippen LogP contribution is -2.31. The molecule has 3 aromatic rings. The number of nitrogens with zero attached hydrogens (tertiary/aromatic N) is 2. The van der Waals surface area contributed by atoms with E-state index in [9.17, 15) is 9.18 Å². The summed E-state index contributed by atoms with van der Waals surface area (Å²) in [4.78, 5) is 18.0. The number of anilines is 2. The third-order valence-electron chi connectivity index (χ3n) is 4.75. The summed E-state index contributed by atoms with van der Waals surface area (Å²) in [6, 6.07) is 16.1. The molecule has 0 fully saturated rings. The number of benzene rings is 3. The van der Waals surface area contributed by atoms with E-state index in [2.05, 4.69) is 4.99 Å². The average molecular weight is 428 g/mol. The highest BCUT2D eigenvalue weighted by Crippen LogP contribution is 2.34. The molecule has 0 unspecified atom stereocenters. The standard InChI is InChI=1S/C22H16Cl2FN3O/c23-15-4-8-20(19(24)11-15)28(22(26)29)17-6-2-14(3-7-17)21-18-12-16(25)5-1-13(18)9-10-27-21/h1-8,11-12H,9-10H2,(H2,26,29). The van der Waals surface area contributed by atoms with Crippen molar-refractivity contribution in [2.45, 2.75) is 6.42 Å². The zero-order valence-corrected chi connectivity index (χ0v) is 16.7. The lowest BCUT2D eigenvalue weighted by molar-refractivity contribution is 0.256. The van der Waals surface area contributed by atoms with Gasteiger partial charge in [-0.1, -0.05) is 41.4 Å². The van der Waals surface area contributed by atoms with Gasteiger partial charge in [-0.15, -0.1) is 0 Å². The summed E-state index contributed by atoms with van der Waals surface area (Å²) in [5.74, 6) is -0.299. The van der Waals surface area contributed by atoms with E-state index in [4.69, 9.17) is 28.9 Å². The van der Waals surface area contributed by atoms with Crippen LogP contribution in [-0.2, 0) is 6.42 Å². The van der Waals surface area contributed by atoms with Crippen LogP contribution in [-0.4, -0.2) is 18.3 Å². The number of hydrogen-bond acceptors (Lipinski definition) is 2. The van der Waals surface area contributed by atoms with Crippen molar-refractivity contribution in [3.63, 3.8) is 0 Å². The quantitative estimate of drug-likeness (QED) is 0.568. The van der Waals surface area contributed by atoms with Gasteiger partial charge >= 0.3 is 6.03 Å². The van der Waals surface area contributed by atoms with Crippen molar-refractivity contribution in [3.05, 3.63) is 93.2 Å². The number of primary amides is 1. The van der Waals surface area contributed by atoms with E-state index >= 15 is 0 Å². The van der Waals surface area contributed by atoms with Gasteiger partial charge in [0, 0.05) is 22.7 Å². The second-order valence-corrected chi connectivity index (χ2v) is 7.44. The van der Waals surface area contributed by atoms with Gasteiger partial charge in [-0.3, -0.25) is 9.89 Å². The molecule has 1 aliphatic heterocycles. The van der Waals surface area contributed by atoms with Crippen LogP contribution in [0.1, 0.15) is 16.7 Å². The van der Waals surface area contributed by atoms with E-state index in [0.717, 1.165) is 28.8 Å². The van der Waals surface area contributed by atoms with Gasteiger partial charge < -0.3 is 5.73 Å². The maximum atomic E-state index is 13.8. The molecule has 0 saturated heterocycles. The topological polar surface area (TPSA) is 58.7 Å². The number of rotatable bonds is 3. The fraction of sp³-hybridized carbons (Fsp3) is 0.0909. The molecule has 4 rings (SSSR count).